The fourth-order valence-electron chi connectivity index (χ4n) is 17.7. The van der Waals surface area contributed by atoms with E-state index in [2.05, 4.69) is 375 Å². The zero-order chi connectivity index (χ0) is 75.7. The maximum Gasteiger partial charge on any atom is 0.197 e. The molecule has 4 heteroatoms. The summed E-state index contributed by atoms with van der Waals surface area (Å²) < 4.78 is 4.80. The summed E-state index contributed by atoms with van der Waals surface area (Å²) >= 11 is 0. The maximum atomic E-state index is 16.8. The molecule has 2 heterocycles. The van der Waals surface area contributed by atoms with Gasteiger partial charge in [-0.15, -0.1) is 0 Å². The van der Waals surface area contributed by atoms with Crippen LogP contribution < -0.4 is 10.9 Å². The lowest BCUT2D eigenvalue weighted by atomic mass is 9.74. The number of nitrogens with zero attached hydrogens (tertiary/aromatic N) is 2. The van der Waals surface area contributed by atoms with Gasteiger partial charge in [0.05, 0.1) is 22.1 Å². The van der Waals surface area contributed by atoms with E-state index in [-0.39, 0.29) is 10.9 Å². The van der Waals surface area contributed by atoms with Crippen molar-refractivity contribution in [2.75, 3.05) is 0 Å². The number of hydrogen-bond donors (Lipinski definition) is 0. The van der Waals surface area contributed by atoms with Gasteiger partial charge in [-0.25, -0.2) is 0 Å². The Kier molecular flexibility index (Phi) is 21.4. The summed E-state index contributed by atoms with van der Waals surface area (Å²) in [5, 5.41) is 2.50. The smallest absolute Gasteiger partial charge is 0.197 e. The van der Waals surface area contributed by atoms with Crippen molar-refractivity contribution in [1.29, 1.82) is 0 Å². The van der Waals surface area contributed by atoms with Gasteiger partial charge in [0.2, 0.25) is 0 Å². The molecular formula is C108H92N2O2. The zero-order valence-corrected chi connectivity index (χ0v) is 64.1. The average Bonchev–Trinajstić information content (AvgIpc) is 0.716. The highest BCUT2D eigenvalue weighted by Crippen LogP contribution is 2.58. The van der Waals surface area contributed by atoms with Crippen LogP contribution in [0.3, 0.4) is 0 Å². The molecule has 0 saturated heterocycles. The first kappa shape index (κ1) is 72.1. The Morgan fingerprint density at radius 3 is 0.562 bits per heavy atom. The Morgan fingerprint density at radius 2 is 0.357 bits per heavy atom. The van der Waals surface area contributed by atoms with Crippen LogP contribution in [0, 0.1) is 0 Å². The van der Waals surface area contributed by atoms with Crippen molar-refractivity contribution in [1.82, 2.24) is 9.13 Å². The Morgan fingerprint density at radius 1 is 0.179 bits per heavy atom. The van der Waals surface area contributed by atoms with Gasteiger partial charge in [-0.05, 0) is 183 Å². The predicted octanol–water partition coefficient (Wildman–Crippen LogP) is 29.3. The second-order valence-electron chi connectivity index (χ2n) is 30.0. The standard InChI is InChI=1S/C108H92N2O2/c1-3-5-7-9-11-43-69-109-91-67-65-85(105-101(81-57-35-19-36-58-81)97(77-49-27-15-28-50-77)95(75-45-23-13-24-46-75)98(78-51-29-16-30-52-78)102(105)82-59-37-20-38-60-82)71-87(91)107(111)89-74-94-90(73-93(89)109)108(112)88-72-86(66-68-92(88)110(94)70-44-12-10-8-6-4-2)106-103(83-61-39-21-40-62-83)99(79-53-31-17-32-54-79)96(76-47-25-14-26-48-76)100(80-55-33-18-34-56-80)104(106)84-63-41-22-42-64-84/h13-42,45-68,71-74H,3-12,43-44,69-70H2,1-2H3. The SMILES string of the molecule is CCCCCCCCn1c2ccc(-c3c(-c4ccccc4)c(-c4ccccc4)c(-c4ccccc4)c(-c4ccccc4)c3-c3ccccc3)cc2c(=O)c2cc3c(cc21)c(=O)c1cc(-c2c(-c4ccccc4)c(-c4ccccc4)c(-c4ccccc4)c(-c4ccccc4)c2-c2ccccc2)ccc1n3CCCCCCCC. The Bertz CT molecular complexity index is 5700. The molecule has 15 aromatic carbocycles. The summed E-state index contributed by atoms with van der Waals surface area (Å²) in [5.74, 6) is 0. The number of benzene rings is 15. The van der Waals surface area contributed by atoms with Gasteiger partial charge in [0.25, 0.3) is 0 Å². The Balaban J connectivity index is 0.973. The van der Waals surface area contributed by atoms with Crippen molar-refractivity contribution in [2.45, 2.75) is 104 Å². The van der Waals surface area contributed by atoms with E-state index in [1.807, 2.05) is 0 Å². The van der Waals surface area contributed by atoms with Crippen molar-refractivity contribution in [3.05, 3.63) is 372 Å². The predicted molar refractivity (Wildman–Crippen MR) is 477 cm³/mol. The quantitative estimate of drug-likeness (QED) is 0.0401. The van der Waals surface area contributed by atoms with Crippen molar-refractivity contribution < 1.29 is 0 Å². The molecule has 0 N–H and O–H groups in total. The van der Waals surface area contributed by atoms with Gasteiger partial charge in [-0.2, -0.15) is 0 Å². The van der Waals surface area contributed by atoms with E-state index in [0.29, 0.717) is 34.6 Å². The molecule has 0 atom stereocenters. The highest BCUT2D eigenvalue weighted by atomic mass is 16.1. The van der Waals surface area contributed by atoms with Crippen LogP contribution >= 0.6 is 0 Å². The van der Waals surface area contributed by atoms with Gasteiger partial charge in [0, 0.05) is 34.6 Å². The van der Waals surface area contributed by atoms with Crippen LogP contribution in [0.1, 0.15) is 90.9 Å². The maximum absolute atomic E-state index is 16.8. The van der Waals surface area contributed by atoms with Crippen LogP contribution in [-0.2, 0) is 13.1 Å². The molecule has 4 nitrogen and oxygen atoms in total. The molecule has 546 valence electrons. The fraction of sp³-hybridized carbons (Fsp3) is 0.148. The third-order valence-corrected chi connectivity index (χ3v) is 22.9. The van der Waals surface area contributed by atoms with Gasteiger partial charge in [-0.3, -0.25) is 9.59 Å². The molecule has 0 amide bonds. The van der Waals surface area contributed by atoms with E-state index >= 15 is 9.59 Å². The van der Waals surface area contributed by atoms with E-state index in [1.54, 1.807) is 0 Å². The molecule has 17 aromatic rings. The van der Waals surface area contributed by atoms with E-state index in [4.69, 9.17) is 0 Å². The minimum absolute atomic E-state index is 0.0544. The fourth-order valence-corrected chi connectivity index (χ4v) is 17.7. The third kappa shape index (κ3) is 14.0. The highest BCUT2D eigenvalue weighted by Gasteiger charge is 2.33. The van der Waals surface area contributed by atoms with Crippen LogP contribution in [0.2, 0.25) is 0 Å². The summed E-state index contributed by atoms with van der Waals surface area (Å²) in [5.41, 5.74) is 29.1. The molecule has 0 saturated carbocycles. The van der Waals surface area contributed by atoms with Gasteiger partial charge in [0.15, 0.2) is 10.9 Å². The molecule has 0 aliphatic carbocycles. The average molecular weight is 1450 g/mol. The summed E-state index contributed by atoms with van der Waals surface area (Å²) in [6.45, 7) is 5.87. The summed E-state index contributed by atoms with van der Waals surface area (Å²) in [7, 11) is 0. The number of aryl methyl sites for hydroxylation is 2. The second kappa shape index (κ2) is 33.2. The number of aromatic nitrogens is 2. The summed E-state index contributed by atoms with van der Waals surface area (Å²) in [6.07, 6.45) is 13.2. The van der Waals surface area contributed by atoms with Crippen LogP contribution in [0.5, 0.6) is 0 Å². The third-order valence-electron chi connectivity index (χ3n) is 22.9. The van der Waals surface area contributed by atoms with Crippen molar-refractivity contribution >= 4 is 43.6 Å². The molecule has 2 aromatic heterocycles. The number of pyridine rings is 2. The van der Waals surface area contributed by atoms with Crippen LogP contribution in [0.15, 0.2) is 361 Å². The van der Waals surface area contributed by atoms with E-state index in [0.717, 1.165) is 207 Å². The second-order valence-corrected chi connectivity index (χ2v) is 30.0. The molecule has 0 unspecified atom stereocenters. The van der Waals surface area contributed by atoms with Crippen LogP contribution in [0.25, 0.3) is 177 Å². The largest absolute Gasteiger partial charge is 0.340 e. The lowest BCUT2D eigenvalue weighted by Gasteiger charge is -2.29. The van der Waals surface area contributed by atoms with E-state index < -0.39 is 0 Å². The minimum atomic E-state index is -0.0544. The van der Waals surface area contributed by atoms with Gasteiger partial charge in [0.1, 0.15) is 0 Å². The lowest BCUT2D eigenvalue weighted by Crippen LogP contribution is -2.16. The Hall–Kier alpha value is -12.8. The molecule has 0 spiro atoms. The normalized spacial score (nSPS) is 11.5. The van der Waals surface area contributed by atoms with Gasteiger partial charge in [-0.1, -0.05) is 394 Å². The van der Waals surface area contributed by atoms with Crippen molar-refractivity contribution in [2.24, 2.45) is 0 Å². The molecule has 0 bridgehead atoms. The molecule has 112 heavy (non-hydrogen) atoms. The molecular weight excluding hydrogens is 1360 g/mol. The highest BCUT2D eigenvalue weighted by molar-refractivity contribution is 6.18. The molecule has 0 fully saturated rings. The monoisotopic (exact) mass is 1450 g/mol. The number of hydrogen-bond acceptors (Lipinski definition) is 2. The topological polar surface area (TPSA) is 44.0 Å². The zero-order valence-electron chi connectivity index (χ0n) is 64.1. The summed E-state index contributed by atoms with van der Waals surface area (Å²) in [4.78, 5) is 33.7. The lowest BCUT2D eigenvalue weighted by molar-refractivity contribution is 0.569. The van der Waals surface area contributed by atoms with Gasteiger partial charge < -0.3 is 9.13 Å². The van der Waals surface area contributed by atoms with Crippen molar-refractivity contribution in [3.63, 3.8) is 0 Å². The molecule has 0 radical (unpaired) electrons. The van der Waals surface area contributed by atoms with E-state index in [9.17, 15) is 0 Å². The first-order valence-corrected chi connectivity index (χ1v) is 40.6. The number of rotatable bonds is 26. The summed E-state index contributed by atoms with van der Waals surface area (Å²) in [6, 6.07) is 127. The van der Waals surface area contributed by atoms with Crippen molar-refractivity contribution in [3.8, 4) is 134 Å². The molecule has 0 aliphatic rings. The van der Waals surface area contributed by atoms with Gasteiger partial charge >= 0.3 is 0 Å². The first-order valence-electron chi connectivity index (χ1n) is 40.6. The molecule has 17 rings (SSSR count). The molecule has 0 aliphatic heterocycles. The first-order chi connectivity index (χ1) is 55.4. The number of fused-ring (bicyclic) bond motifs is 4. The van der Waals surface area contributed by atoms with E-state index in [1.165, 1.54) is 25.7 Å². The van der Waals surface area contributed by atoms with Crippen LogP contribution in [0.4, 0.5) is 0 Å². The number of unbranched alkanes of at least 4 members (excludes halogenated alkanes) is 10. The minimum Gasteiger partial charge on any atom is -0.340 e. The van der Waals surface area contributed by atoms with Crippen LogP contribution in [-0.4, -0.2) is 9.13 Å². The Labute approximate surface area is 658 Å².